The molecule has 0 bridgehead atoms. The number of hydrogen-bond donors (Lipinski definition) is 0. The van der Waals surface area contributed by atoms with Gasteiger partial charge in [0.1, 0.15) is 5.75 Å². The lowest BCUT2D eigenvalue weighted by molar-refractivity contribution is 0.406. The molecule has 0 amide bonds. The summed E-state index contributed by atoms with van der Waals surface area (Å²) in [4.78, 5) is 0. The highest BCUT2D eigenvalue weighted by Gasteiger charge is 2.40. The second-order valence-electron chi connectivity index (χ2n) is 3.92. The lowest BCUT2D eigenvalue weighted by Gasteiger charge is -2.11. The Kier molecular flexibility index (Phi) is 2.58. The van der Waals surface area contributed by atoms with E-state index in [2.05, 4.69) is 6.07 Å². The molecule has 1 aromatic carbocycles. The van der Waals surface area contributed by atoms with Crippen LogP contribution in [0.5, 0.6) is 5.75 Å². The Balaban J connectivity index is 2.42. The zero-order valence-electron chi connectivity index (χ0n) is 8.75. The van der Waals surface area contributed by atoms with Gasteiger partial charge in [-0.25, -0.2) is 0 Å². The highest BCUT2D eigenvalue weighted by molar-refractivity contribution is 6.30. The zero-order valence-corrected chi connectivity index (χ0v) is 9.51. The van der Waals surface area contributed by atoms with Crippen molar-refractivity contribution >= 4 is 11.6 Å². The molecule has 1 saturated carbocycles. The first-order chi connectivity index (χ1) is 7.17. The summed E-state index contributed by atoms with van der Waals surface area (Å²) < 4.78 is 5.36. The highest BCUT2D eigenvalue weighted by Crippen LogP contribution is 2.51. The monoisotopic (exact) mass is 221 g/mol. The third-order valence-corrected chi connectivity index (χ3v) is 3.05. The predicted molar refractivity (Wildman–Crippen MR) is 59.2 cm³/mol. The van der Waals surface area contributed by atoms with E-state index >= 15 is 0 Å². The molecule has 78 valence electrons. The molecule has 3 heteroatoms. The molecule has 1 aliphatic carbocycles. The molecular formula is C12H12ClNO. The average molecular weight is 222 g/mol. The summed E-state index contributed by atoms with van der Waals surface area (Å²) in [6.07, 6.45) is 0.923. The molecular weight excluding hydrogens is 210 g/mol. The molecule has 2 rings (SSSR count). The second kappa shape index (κ2) is 3.75. The fraction of sp³-hybridized carbons (Fsp3) is 0.417. The van der Waals surface area contributed by atoms with Crippen LogP contribution in [-0.2, 0) is 0 Å². The number of rotatable bonds is 2. The van der Waals surface area contributed by atoms with E-state index in [1.165, 1.54) is 0 Å². The van der Waals surface area contributed by atoms with Gasteiger partial charge in [0.2, 0.25) is 0 Å². The number of ether oxygens (including phenoxy) is 1. The first-order valence-electron chi connectivity index (χ1n) is 4.91. The minimum Gasteiger partial charge on any atom is -0.496 e. The Morgan fingerprint density at radius 1 is 1.53 bits per heavy atom. The van der Waals surface area contributed by atoms with Gasteiger partial charge in [0.05, 0.1) is 19.1 Å². The van der Waals surface area contributed by atoms with E-state index in [-0.39, 0.29) is 5.92 Å². The SMILES string of the molecule is COc1c(C)cc(Cl)cc1C1CC1C#N. The topological polar surface area (TPSA) is 33.0 Å². The Morgan fingerprint density at radius 3 is 2.80 bits per heavy atom. The van der Waals surface area contributed by atoms with Gasteiger partial charge in [-0.15, -0.1) is 0 Å². The van der Waals surface area contributed by atoms with Crippen molar-refractivity contribution in [2.24, 2.45) is 5.92 Å². The van der Waals surface area contributed by atoms with Crippen molar-refractivity contribution in [3.05, 3.63) is 28.3 Å². The highest BCUT2D eigenvalue weighted by atomic mass is 35.5. The molecule has 0 aliphatic heterocycles. The molecule has 1 aromatic rings. The van der Waals surface area contributed by atoms with E-state index in [4.69, 9.17) is 21.6 Å². The summed E-state index contributed by atoms with van der Waals surface area (Å²) in [6, 6.07) is 6.07. The smallest absolute Gasteiger partial charge is 0.125 e. The molecule has 0 radical (unpaired) electrons. The fourth-order valence-electron chi connectivity index (χ4n) is 1.99. The van der Waals surface area contributed by atoms with Gasteiger partial charge in [-0.2, -0.15) is 5.26 Å². The van der Waals surface area contributed by atoms with Crippen LogP contribution in [0.25, 0.3) is 0 Å². The van der Waals surface area contributed by atoms with Gasteiger partial charge in [0.15, 0.2) is 0 Å². The fourth-order valence-corrected chi connectivity index (χ4v) is 2.27. The molecule has 0 spiro atoms. The number of methoxy groups -OCH3 is 1. The van der Waals surface area contributed by atoms with Gasteiger partial charge in [-0.05, 0) is 31.0 Å². The Labute approximate surface area is 94.4 Å². The van der Waals surface area contributed by atoms with E-state index in [0.717, 1.165) is 23.3 Å². The lowest BCUT2D eigenvalue weighted by Crippen LogP contribution is -1.94. The van der Waals surface area contributed by atoms with E-state index in [9.17, 15) is 0 Å². The summed E-state index contributed by atoms with van der Waals surface area (Å²) in [7, 11) is 1.66. The van der Waals surface area contributed by atoms with E-state index in [0.29, 0.717) is 10.9 Å². The normalized spacial score (nSPS) is 23.3. The standard InChI is InChI=1S/C12H12ClNO/c1-7-3-9(13)5-11(12(7)15-2)10-4-8(10)6-14/h3,5,8,10H,4H2,1-2H3. The van der Waals surface area contributed by atoms with Crippen LogP contribution in [-0.4, -0.2) is 7.11 Å². The van der Waals surface area contributed by atoms with E-state index in [1.54, 1.807) is 7.11 Å². The number of hydrogen-bond acceptors (Lipinski definition) is 2. The molecule has 0 heterocycles. The van der Waals surface area contributed by atoms with Crippen molar-refractivity contribution in [2.45, 2.75) is 19.3 Å². The molecule has 0 N–H and O–H groups in total. The second-order valence-corrected chi connectivity index (χ2v) is 4.36. The number of nitrogens with zero attached hydrogens (tertiary/aromatic N) is 1. The number of aryl methyl sites for hydroxylation is 1. The van der Waals surface area contributed by atoms with Gasteiger partial charge in [-0.3, -0.25) is 0 Å². The zero-order chi connectivity index (χ0) is 11.0. The van der Waals surface area contributed by atoms with Gasteiger partial charge in [0, 0.05) is 16.5 Å². The first kappa shape index (κ1) is 10.3. The van der Waals surface area contributed by atoms with Gasteiger partial charge >= 0.3 is 0 Å². The van der Waals surface area contributed by atoms with Crippen LogP contribution in [0.2, 0.25) is 5.02 Å². The van der Waals surface area contributed by atoms with Gasteiger partial charge in [-0.1, -0.05) is 11.6 Å². The van der Waals surface area contributed by atoms with Gasteiger partial charge in [0.25, 0.3) is 0 Å². The summed E-state index contributed by atoms with van der Waals surface area (Å²) in [6.45, 7) is 1.97. The maximum atomic E-state index is 8.82. The van der Waals surface area contributed by atoms with Crippen LogP contribution in [0.15, 0.2) is 12.1 Å². The Hall–Kier alpha value is -1.20. The van der Waals surface area contributed by atoms with Crippen LogP contribution in [0.4, 0.5) is 0 Å². The molecule has 15 heavy (non-hydrogen) atoms. The number of benzene rings is 1. The predicted octanol–water partition coefficient (Wildman–Crippen LogP) is 3.28. The third-order valence-electron chi connectivity index (χ3n) is 2.83. The summed E-state index contributed by atoms with van der Waals surface area (Å²) >= 11 is 6.00. The van der Waals surface area contributed by atoms with Crippen LogP contribution < -0.4 is 4.74 Å². The van der Waals surface area contributed by atoms with E-state index < -0.39 is 0 Å². The van der Waals surface area contributed by atoms with Crippen LogP contribution >= 0.6 is 11.6 Å². The maximum absolute atomic E-state index is 8.82. The van der Waals surface area contributed by atoms with Crippen LogP contribution in [0.3, 0.4) is 0 Å². The number of nitriles is 1. The van der Waals surface area contributed by atoms with E-state index in [1.807, 2.05) is 19.1 Å². The van der Waals surface area contributed by atoms with Crippen molar-refractivity contribution in [1.82, 2.24) is 0 Å². The Bertz CT molecular complexity index is 436. The van der Waals surface area contributed by atoms with Crippen molar-refractivity contribution in [2.75, 3.05) is 7.11 Å². The summed E-state index contributed by atoms with van der Waals surface area (Å²) in [5, 5.41) is 9.53. The first-order valence-corrected chi connectivity index (χ1v) is 5.28. The lowest BCUT2D eigenvalue weighted by atomic mass is 10.0. The molecule has 1 aliphatic rings. The minimum absolute atomic E-state index is 0.136. The summed E-state index contributed by atoms with van der Waals surface area (Å²) in [5.41, 5.74) is 2.11. The van der Waals surface area contributed by atoms with Crippen molar-refractivity contribution in [1.29, 1.82) is 5.26 Å². The molecule has 2 nitrogen and oxygen atoms in total. The minimum atomic E-state index is 0.136. The molecule has 2 atom stereocenters. The molecule has 1 fully saturated rings. The van der Waals surface area contributed by atoms with Crippen molar-refractivity contribution in [3.63, 3.8) is 0 Å². The molecule has 2 unspecified atom stereocenters. The van der Waals surface area contributed by atoms with Crippen LogP contribution in [0.1, 0.15) is 23.5 Å². The molecule has 0 saturated heterocycles. The van der Waals surface area contributed by atoms with Crippen LogP contribution in [0, 0.1) is 24.2 Å². The van der Waals surface area contributed by atoms with Crippen molar-refractivity contribution < 1.29 is 4.74 Å². The largest absolute Gasteiger partial charge is 0.496 e. The molecule has 0 aromatic heterocycles. The average Bonchev–Trinajstić information content (AvgIpc) is 2.95. The van der Waals surface area contributed by atoms with Crippen molar-refractivity contribution in [3.8, 4) is 11.8 Å². The van der Waals surface area contributed by atoms with Gasteiger partial charge < -0.3 is 4.74 Å². The summed E-state index contributed by atoms with van der Waals surface area (Å²) in [5.74, 6) is 1.32. The quantitative estimate of drug-likeness (QED) is 0.768. The number of halogens is 1. The Morgan fingerprint density at radius 2 is 2.27 bits per heavy atom. The maximum Gasteiger partial charge on any atom is 0.125 e. The third kappa shape index (κ3) is 1.80.